The highest BCUT2D eigenvalue weighted by Crippen LogP contribution is 2.13. The number of hydrogen-bond acceptors (Lipinski definition) is 3. The Hall–Kier alpha value is -1.37. The lowest BCUT2D eigenvalue weighted by atomic mass is 10.2. The largest absolute Gasteiger partial charge is 0.327 e. The molecule has 0 bridgehead atoms. The van der Waals surface area contributed by atoms with Crippen LogP contribution in [-0.2, 0) is 0 Å². The summed E-state index contributed by atoms with van der Waals surface area (Å²) in [5, 5.41) is 8.87. The summed E-state index contributed by atoms with van der Waals surface area (Å²) >= 11 is 5.65. The molecule has 1 rings (SSSR count). The molecule has 1 aromatic rings. The number of halogens is 1. The normalized spacial score (nSPS) is 10.2. The topological polar surface area (TPSA) is 62.7 Å². The van der Waals surface area contributed by atoms with Gasteiger partial charge >= 0.3 is 0 Å². The molecule has 0 aliphatic rings. The van der Waals surface area contributed by atoms with E-state index >= 15 is 0 Å². The summed E-state index contributed by atoms with van der Waals surface area (Å²) in [5.41, 5.74) is 6.48. The fourth-order valence-electron chi connectivity index (χ4n) is 0.838. The number of nitrogens with two attached hydrogens (primary N) is 1. The Balaban J connectivity index is 3.01. The molecule has 0 saturated carbocycles. The maximum Gasteiger partial charge on any atom is 0.146 e. The third-order valence-corrected chi connectivity index (χ3v) is 1.73. The van der Waals surface area contributed by atoms with Crippen LogP contribution in [0.15, 0.2) is 18.3 Å². The number of nitriles is 1. The minimum absolute atomic E-state index is 0.229. The minimum Gasteiger partial charge on any atom is -0.327 e. The Morgan fingerprint density at radius 1 is 1.69 bits per heavy atom. The second-order valence-electron chi connectivity index (χ2n) is 2.36. The Morgan fingerprint density at radius 2 is 2.46 bits per heavy atom. The summed E-state index contributed by atoms with van der Waals surface area (Å²) in [6.07, 6.45) is 5.17. The van der Waals surface area contributed by atoms with E-state index < -0.39 is 0 Å². The number of aromatic nitrogens is 1. The molecule has 0 aromatic carbocycles. The summed E-state index contributed by atoms with van der Waals surface area (Å²) in [5.74, 6) is 0. The van der Waals surface area contributed by atoms with Crippen molar-refractivity contribution in [1.29, 1.82) is 5.26 Å². The molecule has 0 aliphatic carbocycles. The summed E-state index contributed by atoms with van der Waals surface area (Å²) < 4.78 is 0. The lowest BCUT2D eigenvalue weighted by Crippen LogP contribution is -1.92. The molecule has 0 atom stereocenters. The van der Waals surface area contributed by atoms with Crippen LogP contribution in [0.4, 0.5) is 0 Å². The lowest BCUT2D eigenvalue weighted by molar-refractivity contribution is 1.25. The van der Waals surface area contributed by atoms with Crippen LogP contribution in [-0.4, -0.2) is 11.5 Å². The van der Waals surface area contributed by atoms with Gasteiger partial charge in [-0.25, -0.2) is 4.98 Å². The molecular weight excluding hydrogens is 186 g/mol. The van der Waals surface area contributed by atoms with Crippen molar-refractivity contribution in [3.8, 4) is 6.07 Å². The third kappa shape index (κ3) is 2.55. The van der Waals surface area contributed by atoms with Crippen molar-refractivity contribution >= 4 is 17.7 Å². The number of pyridine rings is 1. The average Bonchev–Trinajstić information content (AvgIpc) is 2.16. The zero-order valence-corrected chi connectivity index (χ0v) is 7.62. The van der Waals surface area contributed by atoms with E-state index in [-0.39, 0.29) is 5.15 Å². The van der Waals surface area contributed by atoms with Gasteiger partial charge in [0.2, 0.25) is 0 Å². The van der Waals surface area contributed by atoms with E-state index in [4.69, 9.17) is 22.6 Å². The maximum absolute atomic E-state index is 8.65. The number of hydrogen-bond donors (Lipinski definition) is 1. The van der Waals surface area contributed by atoms with Crippen LogP contribution >= 0.6 is 11.6 Å². The average molecular weight is 194 g/mol. The molecule has 13 heavy (non-hydrogen) atoms. The zero-order valence-electron chi connectivity index (χ0n) is 6.87. The summed E-state index contributed by atoms with van der Waals surface area (Å²) in [6, 6.07) is 3.62. The summed E-state index contributed by atoms with van der Waals surface area (Å²) in [6.45, 7) is 0.463. The first-order valence-corrected chi connectivity index (χ1v) is 4.08. The predicted molar refractivity (Wildman–Crippen MR) is 52.1 cm³/mol. The second kappa shape index (κ2) is 4.61. The van der Waals surface area contributed by atoms with E-state index in [1.54, 1.807) is 24.4 Å². The predicted octanol–water partition coefficient (Wildman–Crippen LogP) is 1.58. The van der Waals surface area contributed by atoms with Crippen LogP contribution in [0.5, 0.6) is 0 Å². The zero-order chi connectivity index (χ0) is 9.68. The first-order valence-electron chi connectivity index (χ1n) is 3.70. The van der Waals surface area contributed by atoms with Crippen molar-refractivity contribution in [2.45, 2.75) is 0 Å². The van der Waals surface area contributed by atoms with Crippen LogP contribution in [0.25, 0.3) is 6.08 Å². The molecule has 2 N–H and O–H groups in total. The maximum atomic E-state index is 8.65. The first-order chi connectivity index (χ1) is 6.27. The van der Waals surface area contributed by atoms with E-state index in [0.29, 0.717) is 12.1 Å². The monoisotopic (exact) mass is 193 g/mol. The fourth-order valence-corrected chi connectivity index (χ4v) is 0.984. The molecule has 0 amide bonds. The van der Waals surface area contributed by atoms with Gasteiger partial charge in [0.05, 0.1) is 5.56 Å². The van der Waals surface area contributed by atoms with Gasteiger partial charge in [-0.05, 0) is 11.6 Å². The van der Waals surface area contributed by atoms with Crippen LogP contribution < -0.4 is 5.73 Å². The van der Waals surface area contributed by atoms with Crippen molar-refractivity contribution in [3.05, 3.63) is 34.6 Å². The van der Waals surface area contributed by atoms with Crippen molar-refractivity contribution in [2.24, 2.45) is 5.73 Å². The van der Waals surface area contributed by atoms with Gasteiger partial charge in [-0.3, -0.25) is 0 Å². The molecule has 0 radical (unpaired) electrons. The fraction of sp³-hybridized carbons (Fsp3) is 0.111. The van der Waals surface area contributed by atoms with Crippen LogP contribution in [0.2, 0.25) is 5.15 Å². The molecule has 0 aliphatic heterocycles. The molecule has 3 nitrogen and oxygen atoms in total. The highest BCUT2D eigenvalue weighted by Gasteiger charge is 1.99. The Labute approximate surface area is 81.5 Å². The Bertz CT molecular complexity index is 366. The molecule has 0 unspecified atom stereocenters. The minimum atomic E-state index is 0.229. The SMILES string of the molecule is N#Cc1cc(C=CCN)cnc1Cl. The van der Waals surface area contributed by atoms with Gasteiger partial charge in [-0.2, -0.15) is 5.26 Å². The van der Waals surface area contributed by atoms with Crippen molar-refractivity contribution in [3.63, 3.8) is 0 Å². The van der Waals surface area contributed by atoms with Gasteiger partial charge in [0, 0.05) is 12.7 Å². The van der Waals surface area contributed by atoms with Crippen molar-refractivity contribution < 1.29 is 0 Å². The standard InChI is InChI=1S/C9H8ClN3/c10-9-8(5-12)4-7(6-13-9)2-1-3-11/h1-2,4,6H,3,11H2. The molecule has 66 valence electrons. The lowest BCUT2D eigenvalue weighted by Gasteiger charge is -1.95. The van der Waals surface area contributed by atoms with E-state index in [1.165, 1.54) is 0 Å². The van der Waals surface area contributed by atoms with Crippen LogP contribution in [0.1, 0.15) is 11.1 Å². The van der Waals surface area contributed by atoms with Crippen LogP contribution in [0.3, 0.4) is 0 Å². The number of rotatable bonds is 2. The smallest absolute Gasteiger partial charge is 0.146 e. The first kappa shape index (κ1) is 9.72. The Kier molecular flexibility index (Phi) is 3.44. The highest BCUT2D eigenvalue weighted by atomic mass is 35.5. The van der Waals surface area contributed by atoms with E-state index in [2.05, 4.69) is 4.98 Å². The van der Waals surface area contributed by atoms with E-state index in [0.717, 1.165) is 5.56 Å². The van der Waals surface area contributed by atoms with Crippen molar-refractivity contribution in [1.82, 2.24) is 4.98 Å². The van der Waals surface area contributed by atoms with E-state index in [1.807, 2.05) is 6.07 Å². The quantitative estimate of drug-likeness (QED) is 0.726. The van der Waals surface area contributed by atoms with Gasteiger partial charge in [-0.15, -0.1) is 0 Å². The van der Waals surface area contributed by atoms with Crippen LogP contribution in [0, 0.1) is 11.3 Å². The third-order valence-electron chi connectivity index (χ3n) is 1.43. The molecule has 1 heterocycles. The summed E-state index contributed by atoms with van der Waals surface area (Å²) in [4.78, 5) is 3.85. The van der Waals surface area contributed by atoms with Gasteiger partial charge in [0.1, 0.15) is 11.2 Å². The summed E-state index contributed by atoms with van der Waals surface area (Å²) in [7, 11) is 0. The van der Waals surface area contributed by atoms with Gasteiger partial charge in [0.25, 0.3) is 0 Å². The molecule has 4 heteroatoms. The molecule has 0 saturated heterocycles. The van der Waals surface area contributed by atoms with Crippen molar-refractivity contribution in [2.75, 3.05) is 6.54 Å². The molecular formula is C9H8ClN3. The molecule has 0 spiro atoms. The second-order valence-corrected chi connectivity index (χ2v) is 2.71. The Morgan fingerprint density at radius 3 is 3.08 bits per heavy atom. The van der Waals surface area contributed by atoms with Gasteiger partial charge in [0.15, 0.2) is 0 Å². The highest BCUT2D eigenvalue weighted by molar-refractivity contribution is 6.30. The molecule has 0 fully saturated rings. The number of nitrogens with zero attached hydrogens (tertiary/aromatic N) is 2. The molecule has 1 aromatic heterocycles. The van der Waals surface area contributed by atoms with Gasteiger partial charge in [-0.1, -0.05) is 23.8 Å². The van der Waals surface area contributed by atoms with Gasteiger partial charge < -0.3 is 5.73 Å². The van der Waals surface area contributed by atoms with E-state index in [9.17, 15) is 0 Å².